The fraction of sp³-hybridized carbons (Fsp3) is 0.395. The van der Waals surface area contributed by atoms with Gasteiger partial charge in [-0.2, -0.15) is 18.2 Å². The van der Waals surface area contributed by atoms with Gasteiger partial charge in [-0.25, -0.2) is 13.6 Å². The van der Waals surface area contributed by atoms with Crippen LogP contribution in [-0.4, -0.2) is 84.0 Å². The Kier molecular flexibility index (Phi) is 11.7. The molecule has 276 valence electrons. The lowest BCUT2D eigenvalue weighted by atomic mass is 9.97. The van der Waals surface area contributed by atoms with Gasteiger partial charge in [0.25, 0.3) is 11.8 Å². The van der Waals surface area contributed by atoms with Gasteiger partial charge in [0.1, 0.15) is 17.7 Å². The van der Waals surface area contributed by atoms with Crippen LogP contribution in [0.3, 0.4) is 0 Å². The Hall–Kier alpha value is -4.84. The molecular formula is C38H38F5N3O6. The van der Waals surface area contributed by atoms with Crippen LogP contribution in [0.25, 0.3) is 0 Å². The van der Waals surface area contributed by atoms with Crippen LogP contribution in [0.15, 0.2) is 60.7 Å². The number of benzene rings is 3. The van der Waals surface area contributed by atoms with Crippen molar-refractivity contribution in [2.24, 2.45) is 0 Å². The van der Waals surface area contributed by atoms with Gasteiger partial charge >= 0.3 is 12.1 Å². The maximum absolute atomic E-state index is 14.3. The predicted molar refractivity (Wildman–Crippen MR) is 179 cm³/mol. The Bertz CT molecular complexity index is 1840. The Morgan fingerprint density at radius 3 is 2.40 bits per heavy atom. The molecule has 3 aromatic carbocycles. The standard InChI is InChI=1S/C38H38F5N3O6/c1-4-24-7-5-8-28(15-24)37(10-11-37)44-21-33(47)32(18-25-16-29(39)20-30(40)17-25)46(52-36(50)38(41,42)43)35(49)27-14-23(2)13-26(19-27)34(48)45-12-6-9-31(45)22-51-3/h1,5,7-8,13-17,19-20,31-33,44,47H,6,9-12,18,21-22H2,2-3H3/t31-,32+,33-/m1/s1. The highest BCUT2D eigenvalue weighted by Gasteiger charge is 2.47. The molecule has 5 rings (SSSR count). The quantitative estimate of drug-likeness (QED) is 0.150. The Balaban J connectivity index is 1.52. The number of aliphatic hydroxyl groups is 1. The average molecular weight is 728 g/mol. The number of hydroxylamine groups is 2. The van der Waals surface area contributed by atoms with E-state index in [1.54, 1.807) is 30.0 Å². The number of amides is 2. The molecule has 2 amide bonds. The van der Waals surface area contributed by atoms with Crippen molar-refractivity contribution >= 4 is 17.8 Å². The number of aryl methyl sites for hydroxylation is 1. The van der Waals surface area contributed by atoms with E-state index in [4.69, 9.17) is 16.0 Å². The second kappa shape index (κ2) is 15.8. The first-order valence-electron chi connectivity index (χ1n) is 16.6. The number of carbonyl (C=O) groups is 3. The molecule has 2 fully saturated rings. The zero-order valence-electron chi connectivity index (χ0n) is 28.5. The lowest BCUT2D eigenvalue weighted by Gasteiger charge is -2.34. The molecule has 1 aliphatic carbocycles. The summed E-state index contributed by atoms with van der Waals surface area (Å²) < 4.78 is 74.9. The van der Waals surface area contributed by atoms with Gasteiger partial charge in [-0.15, -0.1) is 6.42 Å². The van der Waals surface area contributed by atoms with E-state index in [1.165, 1.54) is 19.2 Å². The van der Waals surface area contributed by atoms with Crippen molar-refractivity contribution in [2.75, 3.05) is 26.8 Å². The number of alkyl halides is 3. The van der Waals surface area contributed by atoms with Crippen LogP contribution in [0.1, 0.15) is 68.7 Å². The highest BCUT2D eigenvalue weighted by Crippen LogP contribution is 2.45. The van der Waals surface area contributed by atoms with Gasteiger partial charge in [-0.1, -0.05) is 18.1 Å². The summed E-state index contributed by atoms with van der Waals surface area (Å²) in [6, 6.07) is 11.3. The summed E-state index contributed by atoms with van der Waals surface area (Å²) in [6.07, 6.45) is 0.194. The topological polar surface area (TPSA) is 108 Å². The Morgan fingerprint density at radius 1 is 1.08 bits per heavy atom. The molecule has 0 aromatic heterocycles. The molecule has 14 heteroatoms. The van der Waals surface area contributed by atoms with E-state index < -0.39 is 59.7 Å². The van der Waals surface area contributed by atoms with E-state index in [1.807, 2.05) is 6.07 Å². The van der Waals surface area contributed by atoms with Crippen LogP contribution in [0.4, 0.5) is 22.0 Å². The fourth-order valence-corrected chi connectivity index (χ4v) is 6.57. The second-order valence-electron chi connectivity index (χ2n) is 13.1. The number of nitrogens with one attached hydrogen (secondary N) is 1. The molecule has 0 radical (unpaired) electrons. The minimum absolute atomic E-state index is 0.0456. The van der Waals surface area contributed by atoms with Crippen molar-refractivity contribution in [2.45, 2.75) is 68.9 Å². The smallest absolute Gasteiger partial charge is 0.389 e. The highest BCUT2D eigenvalue weighted by molar-refractivity contribution is 6.00. The zero-order valence-corrected chi connectivity index (χ0v) is 28.5. The monoisotopic (exact) mass is 727 g/mol. The van der Waals surface area contributed by atoms with Gasteiger partial charge in [0.05, 0.1) is 18.8 Å². The lowest BCUT2D eigenvalue weighted by Crippen LogP contribution is -2.54. The molecule has 0 spiro atoms. The number of likely N-dealkylation sites (tertiary alicyclic amines) is 1. The lowest BCUT2D eigenvalue weighted by molar-refractivity contribution is -0.238. The van der Waals surface area contributed by atoms with Crippen molar-refractivity contribution in [3.05, 3.63) is 106 Å². The molecule has 52 heavy (non-hydrogen) atoms. The van der Waals surface area contributed by atoms with E-state index in [0.717, 1.165) is 23.8 Å². The maximum atomic E-state index is 14.3. The van der Waals surface area contributed by atoms with Gasteiger partial charge in [0.2, 0.25) is 0 Å². The largest absolute Gasteiger partial charge is 0.493 e. The minimum atomic E-state index is -5.57. The molecule has 1 heterocycles. The number of aliphatic hydroxyl groups excluding tert-OH is 1. The summed E-state index contributed by atoms with van der Waals surface area (Å²) >= 11 is 0. The van der Waals surface area contributed by atoms with Crippen LogP contribution in [-0.2, 0) is 26.3 Å². The second-order valence-corrected chi connectivity index (χ2v) is 13.1. The number of halogens is 5. The summed E-state index contributed by atoms with van der Waals surface area (Å²) in [5.74, 6) is -4.03. The van der Waals surface area contributed by atoms with Crippen molar-refractivity contribution in [1.29, 1.82) is 0 Å². The van der Waals surface area contributed by atoms with E-state index in [2.05, 4.69) is 11.2 Å². The molecule has 1 aliphatic heterocycles. The number of rotatable bonds is 12. The summed E-state index contributed by atoms with van der Waals surface area (Å²) in [7, 11) is 1.50. The number of hydrogen-bond donors (Lipinski definition) is 2. The van der Waals surface area contributed by atoms with Crippen molar-refractivity contribution in [3.8, 4) is 12.3 Å². The first-order valence-corrected chi connectivity index (χ1v) is 16.6. The molecule has 1 saturated heterocycles. The van der Waals surface area contributed by atoms with Crippen LogP contribution in [0.2, 0.25) is 0 Å². The third-order valence-corrected chi connectivity index (χ3v) is 9.28. The molecule has 3 aromatic rings. The van der Waals surface area contributed by atoms with Crippen molar-refractivity contribution in [3.63, 3.8) is 0 Å². The number of hydrogen-bond acceptors (Lipinski definition) is 7. The van der Waals surface area contributed by atoms with Crippen LogP contribution in [0, 0.1) is 30.9 Å². The Labute approximate surface area is 297 Å². The molecule has 9 nitrogen and oxygen atoms in total. The van der Waals surface area contributed by atoms with Crippen LogP contribution >= 0.6 is 0 Å². The number of carbonyl (C=O) groups excluding carboxylic acids is 3. The summed E-state index contributed by atoms with van der Waals surface area (Å²) in [6.45, 7) is 1.89. The van der Waals surface area contributed by atoms with E-state index in [9.17, 15) is 41.4 Å². The average Bonchev–Trinajstić information content (AvgIpc) is 3.76. The third-order valence-electron chi connectivity index (χ3n) is 9.28. The Morgan fingerprint density at radius 2 is 1.77 bits per heavy atom. The van der Waals surface area contributed by atoms with Gasteiger partial charge in [0, 0.05) is 48.5 Å². The molecule has 1 saturated carbocycles. The highest BCUT2D eigenvalue weighted by atomic mass is 19.4. The fourth-order valence-electron chi connectivity index (χ4n) is 6.57. The van der Waals surface area contributed by atoms with Gasteiger partial charge in [0.15, 0.2) is 0 Å². The maximum Gasteiger partial charge on any atom is 0.493 e. The van der Waals surface area contributed by atoms with Gasteiger partial charge in [-0.3, -0.25) is 9.59 Å². The number of nitrogens with zero attached hydrogens (tertiary/aromatic N) is 2. The minimum Gasteiger partial charge on any atom is -0.389 e. The molecule has 0 bridgehead atoms. The van der Waals surface area contributed by atoms with Crippen molar-refractivity contribution in [1.82, 2.24) is 15.3 Å². The molecular weight excluding hydrogens is 689 g/mol. The number of terminal acetylenes is 1. The van der Waals surface area contributed by atoms with Crippen molar-refractivity contribution < 1.29 is 51.0 Å². The van der Waals surface area contributed by atoms with Crippen LogP contribution < -0.4 is 5.32 Å². The molecule has 3 atom stereocenters. The third kappa shape index (κ3) is 8.96. The van der Waals surface area contributed by atoms with Gasteiger partial charge in [-0.05, 0) is 98.2 Å². The van der Waals surface area contributed by atoms with E-state index in [-0.39, 0.29) is 40.9 Å². The molecule has 0 unspecified atom stereocenters. The SMILES string of the molecule is C#Cc1cccc(C2(NC[C@@H](O)[C@H](Cc3cc(F)cc(F)c3)N(OC(=O)C(F)(F)F)C(=O)c3cc(C)cc(C(=O)N4CCC[C@@H]4COC)c3)CC2)c1. The van der Waals surface area contributed by atoms with E-state index in [0.29, 0.717) is 49.4 Å². The first-order chi connectivity index (χ1) is 24.6. The number of methoxy groups -OCH3 is 1. The normalized spacial score (nSPS) is 17.6. The molecule has 2 N–H and O–H groups in total. The first kappa shape index (κ1) is 38.4. The summed E-state index contributed by atoms with van der Waals surface area (Å²) in [5.41, 5.74) is 0.674. The summed E-state index contributed by atoms with van der Waals surface area (Å²) in [5, 5.41) is 14.9. The predicted octanol–water partition coefficient (Wildman–Crippen LogP) is 5.22. The van der Waals surface area contributed by atoms with E-state index >= 15 is 0 Å². The number of ether oxygens (including phenoxy) is 1. The molecule has 2 aliphatic rings. The van der Waals surface area contributed by atoms with Crippen LogP contribution in [0.5, 0.6) is 0 Å². The zero-order chi connectivity index (χ0) is 37.8. The van der Waals surface area contributed by atoms with Gasteiger partial charge < -0.3 is 24.9 Å². The summed E-state index contributed by atoms with van der Waals surface area (Å²) in [4.78, 5) is 46.5.